The average Bonchev–Trinajstić information content (AvgIpc) is 2.53. The van der Waals surface area contributed by atoms with Crippen LogP contribution >= 0.6 is 0 Å². The number of hydrogen-bond donors (Lipinski definition) is 4. The minimum Gasteiger partial charge on any atom is -0.423 e. The highest BCUT2D eigenvalue weighted by Crippen LogP contribution is 2.08. The van der Waals surface area contributed by atoms with Crippen molar-refractivity contribution in [1.82, 2.24) is 10.2 Å². The molecule has 7 heteroatoms. The van der Waals surface area contributed by atoms with Gasteiger partial charge in [-0.2, -0.15) is 0 Å². The Hall–Kier alpha value is -1.41. The summed E-state index contributed by atoms with van der Waals surface area (Å²) >= 11 is 0. The maximum absolute atomic E-state index is 12.0. The van der Waals surface area contributed by atoms with Crippen molar-refractivity contribution in [3.8, 4) is 0 Å². The summed E-state index contributed by atoms with van der Waals surface area (Å²) in [5, 5.41) is 30.7. The van der Waals surface area contributed by atoms with Crippen LogP contribution in [0.5, 0.6) is 0 Å². The molecule has 1 aromatic rings. The Kier molecular flexibility index (Phi) is 6.39. The van der Waals surface area contributed by atoms with Crippen molar-refractivity contribution < 1.29 is 19.9 Å². The van der Waals surface area contributed by atoms with Gasteiger partial charge in [0.05, 0.1) is 6.10 Å². The molecule has 0 saturated carbocycles. The molecule has 1 aliphatic heterocycles. The van der Waals surface area contributed by atoms with Gasteiger partial charge >= 0.3 is 7.12 Å². The number of aliphatic hydroxyl groups excluding tert-OH is 1. The van der Waals surface area contributed by atoms with Crippen LogP contribution in [0.15, 0.2) is 24.3 Å². The van der Waals surface area contributed by atoms with Gasteiger partial charge in [0, 0.05) is 18.7 Å². The van der Waals surface area contributed by atoms with Crippen LogP contribution in [0, 0.1) is 0 Å². The van der Waals surface area contributed by atoms with E-state index in [1.807, 2.05) is 0 Å². The van der Waals surface area contributed by atoms with Crippen molar-refractivity contribution in [3.63, 3.8) is 0 Å². The van der Waals surface area contributed by atoms with E-state index in [-0.39, 0.29) is 12.5 Å². The molecule has 0 spiro atoms. The number of piperidine rings is 1. The number of carbonyl (C=O) groups excluding carboxylic acids is 1. The maximum Gasteiger partial charge on any atom is 0.488 e. The molecule has 0 aromatic heterocycles. The molecule has 0 radical (unpaired) electrons. The van der Waals surface area contributed by atoms with Crippen molar-refractivity contribution in [3.05, 3.63) is 29.8 Å². The minimum atomic E-state index is -1.54. The molecule has 120 valence electrons. The van der Waals surface area contributed by atoms with Crippen LogP contribution in [-0.2, 0) is 0 Å². The molecule has 6 nitrogen and oxygen atoms in total. The molecule has 1 heterocycles. The third kappa shape index (κ3) is 5.10. The quantitative estimate of drug-likeness (QED) is 0.503. The molecule has 1 atom stereocenters. The Balaban J connectivity index is 1.76. The summed E-state index contributed by atoms with van der Waals surface area (Å²) < 4.78 is 0. The number of nitrogens with zero attached hydrogens (tertiary/aromatic N) is 1. The highest BCUT2D eigenvalue weighted by molar-refractivity contribution is 6.58. The van der Waals surface area contributed by atoms with Gasteiger partial charge in [-0.1, -0.05) is 18.6 Å². The van der Waals surface area contributed by atoms with E-state index >= 15 is 0 Å². The van der Waals surface area contributed by atoms with Crippen molar-refractivity contribution >= 4 is 18.5 Å². The number of amides is 1. The number of rotatable bonds is 6. The first-order valence-electron chi connectivity index (χ1n) is 7.71. The van der Waals surface area contributed by atoms with Crippen molar-refractivity contribution in [1.29, 1.82) is 0 Å². The highest BCUT2D eigenvalue weighted by atomic mass is 16.4. The van der Waals surface area contributed by atoms with E-state index in [2.05, 4.69) is 10.2 Å². The third-order valence-electron chi connectivity index (χ3n) is 3.89. The second-order valence-electron chi connectivity index (χ2n) is 5.72. The Morgan fingerprint density at radius 3 is 2.41 bits per heavy atom. The Labute approximate surface area is 130 Å². The molecule has 1 fully saturated rings. The molecule has 1 amide bonds. The van der Waals surface area contributed by atoms with Crippen LogP contribution < -0.4 is 10.8 Å². The second-order valence-corrected chi connectivity index (χ2v) is 5.72. The van der Waals surface area contributed by atoms with Gasteiger partial charge in [-0.3, -0.25) is 4.79 Å². The number of benzene rings is 1. The predicted molar refractivity (Wildman–Crippen MR) is 84.9 cm³/mol. The van der Waals surface area contributed by atoms with Crippen molar-refractivity contribution in [2.75, 3.05) is 26.2 Å². The number of likely N-dealkylation sites (tertiary alicyclic amines) is 1. The standard InChI is InChI=1S/C15H23BN2O4/c19-14(11-18-8-2-1-3-9-18)10-17-15(20)12-4-6-13(7-5-12)16(21)22/h4-7,14,19,21-22H,1-3,8-11H2,(H,17,20)/t14-/m0/s1. The van der Waals surface area contributed by atoms with E-state index in [9.17, 15) is 9.90 Å². The third-order valence-corrected chi connectivity index (χ3v) is 3.89. The van der Waals surface area contributed by atoms with Gasteiger partial charge in [-0.25, -0.2) is 0 Å². The van der Waals surface area contributed by atoms with Crippen LogP contribution in [0.1, 0.15) is 29.6 Å². The lowest BCUT2D eigenvalue weighted by molar-refractivity contribution is 0.0831. The molecule has 1 saturated heterocycles. The lowest BCUT2D eigenvalue weighted by Crippen LogP contribution is -2.42. The van der Waals surface area contributed by atoms with E-state index in [0.29, 0.717) is 17.6 Å². The van der Waals surface area contributed by atoms with E-state index in [0.717, 1.165) is 13.1 Å². The molecule has 1 aliphatic rings. The first-order chi connectivity index (χ1) is 10.6. The number of β-amino-alcohol motifs (C(OH)–C–C–N with tert-alkyl or cyclic N) is 1. The molecule has 1 aromatic carbocycles. The zero-order valence-electron chi connectivity index (χ0n) is 12.6. The first kappa shape index (κ1) is 17.0. The van der Waals surface area contributed by atoms with Crippen LogP contribution in [-0.4, -0.2) is 65.4 Å². The molecule has 4 N–H and O–H groups in total. The topological polar surface area (TPSA) is 93.0 Å². The molecule has 0 aliphatic carbocycles. The molecule has 0 unspecified atom stereocenters. The monoisotopic (exact) mass is 306 g/mol. The summed E-state index contributed by atoms with van der Waals surface area (Å²) in [7, 11) is -1.54. The fraction of sp³-hybridized carbons (Fsp3) is 0.533. The van der Waals surface area contributed by atoms with Crippen LogP contribution in [0.4, 0.5) is 0 Å². The average molecular weight is 306 g/mol. The smallest absolute Gasteiger partial charge is 0.423 e. The second kappa shape index (κ2) is 8.29. The first-order valence-corrected chi connectivity index (χ1v) is 7.71. The number of nitrogens with one attached hydrogen (secondary N) is 1. The summed E-state index contributed by atoms with van der Waals surface area (Å²) in [6.45, 7) is 2.81. The summed E-state index contributed by atoms with van der Waals surface area (Å²) in [6.07, 6.45) is 3.01. The molecule has 0 bridgehead atoms. The number of hydrogen-bond acceptors (Lipinski definition) is 5. The minimum absolute atomic E-state index is 0.208. The Morgan fingerprint density at radius 2 is 1.82 bits per heavy atom. The van der Waals surface area contributed by atoms with Crippen LogP contribution in [0.25, 0.3) is 0 Å². The van der Waals surface area contributed by atoms with E-state index in [1.165, 1.54) is 43.5 Å². The van der Waals surface area contributed by atoms with Gasteiger partial charge in [0.25, 0.3) is 5.91 Å². The fourth-order valence-corrected chi connectivity index (χ4v) is 2.62. The largest absolute Gasteiger partial charge is 0.488 e. The fourth-order valence-electron chi connectivity index (χ4n) is 2.62. The SMILES string of the molecule is O=C(NC[C@H](O)CN1CCCCC1)c1ccc(B(O)O)cc1. The molecular formula is C15H23BN2O4. The summed E-state index contributed by atoms with van der Waals surface area (Å²) in [4.78, 5) is 14.2. The summed E-state index contributed by atoms with van der Waals surface area (Å²) in [6, 6.07) is 6.04. The van der Waals surface area contributed by atoms with Crippen molar-refractivity contribution in [2.45, 2.75) is 25.4 Å². The van der Waals surface area contributed by atoms with E-state index in [4.69, 9.17) is 10.0 Å². The highest BCUT2D eigenvalue weighted by Gasteiger charge is 2.16. The Morgan fingerprint density at radius 1 is 1.18 bits per heavy atom. The zero-order valence-corrected chi connectivity index (χ0v) is 12.6. The lowest BCUT2D eigenvalue weighted by Gasteiger charge is -2.28. The predicted octanol–water partition coefficient (Wildman–Crippen LogP) is -1.06. The van der Waals surface area contributed by atoms with Crippen LogP contribution in [0.3, 0.4) is 0 Å². The zero-order chi connectivity index (χ0) is 15.9. The van der Waals surface area contributed by atoms with Gasteiger partial charge in [-0.05, 0) is 43.5 Å². The van der Waals surface area contributed by atoms with E-state index in [1.54, 1.807) is 0 Å². The molecule has 2 rings (SSSR count). The summed E-state index contributed by atoms with van der Waals surface area (Å²) in [5.41, 5.74) is 0.760. The maximum atomic E-state index is 12.0. The van der Waals surface area contributed by atoms with Gasteiger partial charge in [-0.15, -0.1) is 0 Å². The molecule has 22 heavy (non-hydrogen) atoms. The lowest BCUT2D eigenvalue weighted by atomic mass is 9.80. The molecular weight excluding hydrogens is 283 g/mol. The van der Waals surface area contributed by atoms with E-state index < -0.39 is 13.2 Å². The van der Waals surface area contributed by atoms with Crippen LogP contribution in [0.2, 0.25) is 0 Å². The normalized spacial score (nSPS) is 17.0. The number of aliphatic hydroxyl groups is 1. The van der Waals surface area contributed by atoms with Gasteiger partial charge < -0.3 is 25.4 Å². The summed E-state index contributed by atoms with van der Waals surface area (Å²) in [5.74, 6) is -0.281. The van der Waals surface area contributed by atoms with Crippen molar-refractivity contribution in [2.24, 2.45) is 0 Å². The van der Waals surface area contributed by atoms with Gasteiger partial charge in [0.15, 0.2) is 0 Å². The van der Waals surface area contributed by atoms with Gasteiger partial charge in [0.2, 0.25) is 0 Å². The van der Waals surface area contributed by atoms with Gasteiger partial charge in [0.1, 0.15) is 0 Å². The Bertz CT molecular complexity index is 475. The number of carbonyl (C=O) groups is 1.